The van der Waals surface area contributed by atoms with Crippen LogP contribution in [0.5, 0.6) is 5.75 Å². The smallest absolute Gasteiger partial charge is 0.119 e. The van der Waals surface area contributed by atoms with E-state index in [1.807, 2.05) is 30.3 Å². The van der Waals surface area contributed by atoms with Crippen LogP contribution in [0, 0.1) is 5.41 Å². The molecule has 0 spiro atoms. The fourth-order valence-corrected chi connectivity index (χ4v) is 1.61. The van der Waals surface area contributed by atoms with Crippen LogP contribution < -0.4 is 10.5 Å². The Kier molecular flexibility index (Phi) is 5.49. The minimum Gasteiger partial charge on any atom is -0.494 e. The van der Waals surface area contributed by atoms with Crippen molar-refractivity contribution < 1.29 is 4.74 Å². The van der Waals surface area contributed by atoms with Gasteiger partial charge < -0.3 is 10.5 Å². The zero-order chi connectivity index (χ0) is 12.7. The largest absolute Gasteiger partial charge is 0.494 e. The van der Waals surface area contributed by atoms with Crippen molar-refractivity contribution >= 4 is 0 Å². The molecule has 2 nitrogen and oxygen atoms in total. The number of ether oxygens (including phenoxy) is 1. The number of hydrogen-bond donors (Lipinski definition) is 1. The molecule has 1 aromatic rings. The second-order valence-corrected chi connectivity index (χ2v) is 5.81. The van der Waals surface area contributed by atoms with Gasteiger partial charge in [-0.1, -0.05) is 39.0 Å². The molecule has 0 saturated carbocycles. The molecule has 0 fully saturated rings. The third kappa shape index (κ3) is 7.01. The van der Waals surface area contributed by atoms with Crippen molar-refractivity contribution in [1.29, 1.82) is 0 Å². The number of benzene rings is 1. The highest BCUT2D eigenvalue weighted by molar-refractivity contribution is 5.20. The van der Waals surface area contributed by atoms with Crippen molar-refractivity contribution in [2.45, 2.75) is 46.1 Å². The highest BCUT2D eigenvalue weighted by Gasteiger charge is 2.12. The van der Waals surface area contributed by atoms with Gasteiger partial charge in [0, 0.05) is 6.04 Å². The number of hydrogen-bond acceptors (Lipinski definition) is 2. The summed E-state index contributed by atoms with van der Waals surface area (Å²) in [6, 6.07) is 10.1. The van der Waals surface area contributed by atoms with Crippen LogP contribution in [0.2, 0.25) is 0 Å². The molecule has 2 heteroatoms. The summed E-state index contributed by atoms with van der Waals surface area (Å²) >= 11 is 0. The molecule has 0 aromatic heterocycles. The number of rotatable bonds is 6. The highest BCUT2D eigenvalue weighted by atomic mass is 16.5. The zero-order valence-electron chi connectivity index (χ0n) is 11.3. The Morgan fingerprint density at radius 1 is 1.12 bits per heavy atom. The van der Waals surface area contributed by atoms with Crippen molar-refractivity contribution in [1.82, 2.24) is 0 Å². The van der Waals surface area contributed by atoms with Crippen LogP contribution in [0.1, 0.15) is 40.0 Å². The lowest BCUT2D eigenvalue weighted by molar-refractivity contribution is 0.280. The quantitative estimate of drug-likeness (QED) is 0.817. The van der Waals surface area contributed by atoms with E-state index in [0.717, 1.165) is 18.6 Å². The van der Waals surface area contributed by atoms with Crippen LogP contribution >= 0.6 is 0 Å². The van der Waals surface area contributed by atoms with E-state index in [1.165, 1.54) is 6.42 Å². The van der Waals surface area contributed by atoms with E-state index in [4.69, 9.17) is 10.5 Å². The molecule has 0 aliphatic carbocycles. The van der Waals surface area contributed by atoms with Gasteiger partial charge in [0.2, 0.25) is 0 Å². The van der Waals surface area contributed by atoms with Crippen molar-refractivity contribution in [3.8, 4) is 5.75 Å². The minimum absolute atomic E-state index is 0.248. The Balaban J connectivity index is 2.14. The lowest BCUT2D eigenvalue weighted by Crippen LogP contribution is -2.24. The molecular weight excluding hydrogens is 210 g/mol. The summed E-state index contributed by atoms with van der Waals surface area (Å²) in [5.41, 5.74) is 6.44. The van der Waals surface area contributed by atoms with E-state index < -0.39 is 0 Å². The van der Waals surface area contributed by atoms with Gasteiger partial charge in [-0.25, -0.2) is 0 Å². The number of nitrogens with two attached hydrogens (primary N) is 1. The van der Waals surface area contributed by atoms with Gasteiger partial charge in [-0.3, -0.25) is 0 Å². The first-order valence-corrected chi connectivity index (χ1v) is 6.41. The van der Waals surface area contributed by atoms with Crippen molar-refractivity contribution in [3.05, 3.63) is 30.3 Å². The van der Waals surface area contributed by atoms with Crippen LogP contribution in [0.4, 0.5) is 0 Å². The molecule has 17 heavy (non-hydrogen) atoms. The maximum Gasteiger partial charge on any atom is 0.119 e. The number of para-hydroxylation sites is 1. The van der Waals surface area contributed by atoms with Gasteiger partial charge in [0.1, 0.15) is 5.75 Å². The monoisotopic (exact) mass is 235 g/mol. The molecule has 0 radical (unpaired) electrons. The van der Waals surface area contributed by atoms with E-state index in [2.05, 4.69) is 20.8 Å². The average molecular weight is 235 g/mol. The first kappa shape index (κ1) is 14.0. The van der Waals surface area contributed by atoms with Crippen molar-refractivity contribution in [3.63, 3.8) is 0 Å². The summed E-state index contributed by atoms with van der Waals surface area (Å²) in [5, 5.41) is 0. The molecular formula is C15H25NO. The standard InChI is InChI=1S/C15H25NO/c1-15(2,3)11-9-13(16)10-12-17-14-7-5-4-6-8-14/h4-8,13H,9-12,16H2,1-3H3. The van der Waals surface area contributed by atoms with Crippen molar-refractivity contribution in [2.24, 2.45) is 11.1 Å². The minimum atomic E-state index is 0.248. The molecule has 96 valence electrons. The molecule has 0 heterocycles. The Morgan fingerprint density at radius 2 is 1.76 bits per heavy atom. The van der Waals surface area contributed by atoms with Gasteiger partial charge in [0.15, 0.2) is 0 Å². The van der Waals surface area contributed by atoms with E-state index in [0.29, 0.717) is 12.0 Å². The predicted octanol–water partition coefficient (Wildman–Crippen LogP) is 3.61. The lowest BCUT2D eigenvalue weighted by Gasteiger charge is -2.20. The molecule has 0 amide bonds. The molecule has 2 N–H and O–H groups in total. The summed E-state index contributed by atoms with van der Waals surface area (Å²) in [4.78, 5) is 0. The molecule has 0 bridgehead atoms. The van der Waals surface area contributed by atoms with Gasteiger partial charge in [-0.15, -0.1) is 0 Å². The van der Waals surface area contributed by atoms with Crippen LogP contribution in [0.25, 0.3) is 0 Å². The fourth-order valence-electron chi connectivity index (χ4n) is 1.61. The first-order valence-electron chi connectivity index (χ1n) is 6.41. The Morgan fingerprint density at radius 3 is 2.35 bits per heavy atom. The van der Waals surface area contributed by atoms with E-state index >= 15 is 0 Å². The van der Waals surface area contributed by atoms with Gasteiger partial charge >= 0.3 is 0 Å². The third-order valence-electron chi connectivity index (χ3n) is 2.77. The van der Waals surface area contributed by atoms with Crippen LogP contribution in [-0.4, -0.2) is 12.6 Å². The highest BCUT2D eigenvalue weighted by Crippen LogP contribution is 2.21. The van der Waals surface area contributed by atoms with Gasteiger partial charge in [0.05, 0.1) is 6.61 Å². The topological polar surface area (TPSA) is 35.2 Å². The first-order chi connectivity index (χ1) is 7.97. The molecule has 0 aliphatic rings. The summed E-state index contributed by atoms with van der Waals surface area (Å²) in [6.07, 6.45) is 3.16. The van der Waals surface area contributed by atoms with Gasteiger partial charge in [-0.2, -0.15) is 0 Å². The maximum absolute atomic E-state index is 6.07. The summed E-state index contributed by atoms with van der Waals surface area (Å²) < 4.78 is 5.63. The molecule has 1 atom stereocenters. The predicted molar refractivity (Wildman–Crippen MR) is 73.2 cm³/mol. The van der Waals surface area contributed by atoms with E-state index in [-0.39, 0.29) is 6.04 Å². The molecule has 1 unspecified atom stereocenters. The second-order valence-electron chi connectivity index (χ2n) is 5.81. The summed E-state index contributed by atoms with van der Waals surface area (Å²) in [5.74, 6) is 0.926. The SMILES string of the molecule is CC(C)(C)CCC(N)CCOc1ccccc1. The maximum atomic E-state index is 6.07. The van der Waals surface area contributed by atoms with E-state index in [9.17, 15) is 0 Å². The summed E-state index contributed by atoms with van der Waals surface area (Å²) in [6.45, 7) is 7.45. The molecule has 0 aliphatic heterocycles. The zero-order valence-corrected chi connectivity index (χ0v) is 11.3. The Labute approximate surface area is 105 Å². The van der Waals surface area contributed by atoms with Crippen LogP contribution in [0.15, 0.2) is 30.3 Å². The van der Waals surface area contributed by atoms with Gasteiger partial charge in [0.25, 0.3) is 0 Å². The van der Waals surface area contributed by atoms with E-state index in [1.54, 1.807) is 0 Å². The molecule has 1 rings (SSSR count). The fraction of sp³-hybridized carbons (Fsp3) is 0.600. The lowest BCUT2D eigenvalue weighted by atomic mass is 9.88. The molecule has 1 aromatic carbocycles. The van der Waals surface area contributed by atoms with Crippen molar-refractivity contribution in [2.75, 3.05) is 6.61 Å². The second kappa shape index (κ2) is 6.65. The van der Waals surface area contributed by atoms with Crippen LogP contribution in [0.3, 0.4) is 0 Å². The Hall–Kier alpha value is -1.02. The normalized spacial score (nSPS) is 13.4. The molecule has 0 saturated heterocycles. The average Bonchev–Trinajstić information content (AvgIpc) is 2.27. The van der Waals surface area contributed by atoms with Crippen LogP contribution in [-0.2, 0) is 0 Å². The Bertz CT molecular complexity index is 302. The third-order valence-corrected chi connectivity index (χ3v) is 2.77. The summed E-state index contributed by atoms with van der Waals surface area (Å²) in [7, 11) is 0. The van der Waals surface area contributed by atoms with Gasteiger partial charge in [-0.05, 0) is 36.8 Å².